The minimum Gasteiger partial charge on any atom is -0.423 e. The lowest BCUT2D eigenvalue weighted by Gasteiger charge is -2.16. The van der Waals surface area contributed by atoms with Crippen LogP contribution in [0.1, 0.15) is 0 Å². The molecule has 0 amide bonds. The van der Waals surface area contributed by atoms with E-state index >= 15 is 0 Å². The van der Waals surface area contributed by atoms with Gasteiger partial charge >= 0.3 is 7.12 Å². The molecule has 0 unspecified atom stereocenters. The number of hydrogen-bond acceptors (Lipinski definition) is 20. The van der Waals surface area contributed by atoms with E-state index in [1.165, 1.54) is 0 Å². The van der Waals surface area contributed by atoms with Gasteiger partial charge in [-0.1, -0.05) is 158 Å². The number of halogens is 2. The van der Waals surface area contributed by atoms with E-state index < -0.39 is 7.12 Å². The molecule has 10 heterocycles. The van der Waals surface area contributed by atoms with Crippen molar-refractivity contribution in [2.45, 2.75) is 0 Å². The molecular formula is C108H61BCl2N18O2. The van der Waals surface area contributed by atoms with Gasteiger partial charge in [-0.2, -0.15) is 19.9 Å². The molecule has 2 N–H and O–H groups in total. The van der Waals surface area contributed by atoms with Gasteiger partial charge in [0.1, 0.15) is 0 Å². The standard InChI is InChI=1S/C59H33N9.C40H20Cl2N8.C9H8BNO2/c1-2-7-37-30-41(12-11-34(37)6-1)54-63-55(42-17-24-49-38(31-42)8-3-27-60-49)66-58(65-54)47-22-15-35-14-21-46-48(23-16-36-13-20-45(47)52(35)53(36)46)59-67-56(43-18-25-50-39(32-43)9-4-28-61-50)64-57(68-59)44-19-26-51-40(33-44)10-5-29-62-51;41-39-47-35(25-9-15-31-23(19-25)3-1-17-43-31)45-37(49-39)29-13-7-21-6-12-28-30(14-8-22-5-11-27(29)33(21)34(22)28)38-46-36(48-40(42)50-38)26-10-16-32-24(20-26)4-2-18-44-32;12-10(13)8-3-4-9-7(6-8)2-1-5-11-9/h1-33H;1-20H;1-6,12-13H. The summed E-state index contributed by atoms with van der Waals surface area (Å²) in [5.41, 5.74) is 14.6. The van der Waals surface area contributed by atoms with E-state index in [0.717, 1.165) is 196 Å². The molecule has 612 valence electrons. The largest absolute Gasteiger partial charge is 0.488 e. The summed E-state index contributed by atoms with van der Waals surface area (Å²) in [5, 5.41) is 39.1. The number of aromatic nitrogens is 18. The maximum Gasteiger partial charge on any atom is 0.488 e. The predicted octanol–water partition coefficient (Wildman–Crippen LogP) is 23.7. The minimum absolute atomic E-state index is 0.120. The monoisotopic (exact) mass is 1720 g/mol. The Labute approximate surface area is 754 Å². The van der Waals surface area contributed by atoms with Gasteiger partial charge in [0.25, 0.3) is 0 Å². The van der Waals surface area contributed by atoms with Crippen molar-refractivity contribution in [3.05, 3.63) is 369 Å². The molecule has 23 heteroatoms. The van der Waals surface area contributed by atoms with Crippen LogP contribution in [0.4, 0.5) is 0 Å². The van der Waals surface area contributed by atoms with Gasteiger partial charge in [0.15, 0.2) is 58.2 Å². The van der Waals surface area contributed by atoms with E-state index in [1.54, 1.807) is 36.8 Å². The summed E-state index contributed by atoms with van der Waals surface area (Å²) in [5.74, 6) is 5.46. The first kappa shape index (κ1) is 77.5. The zero-order chi connectivity index (χ0) is 87.3. The van der Waals surface area contributed by atoms with Crippen LogP contribution >= 0.6 is 23.2 Å². The summed E-state index contributed by atoms with van der Waals surface area (Å²) in [7, 11) is -1.41. The molecule has 26 aromatic rings. The number of pyridine rings is 6. The Morgan fingerprint density at radius 2 is 0.405 bits per heavy atom. The average Bonchev–Trinajstić information content (AvgIpc) is 0.726. The Bertz CT molecular complexity index is 8480. The Balaban J connectivity index is 0.000000131. The third-order valence-electron chi connectivity index (χ3n) is 24.0. The lowest BCUT2D eigenvalue weighted by Crippen LogP contribution is -2.29. The second-order valence-electron chi connectivity index (χ2n) is 31.9. The van der Waals surface area contributed by atoms with Crippen LogP contribution in [-0.2, 0) is 0 Å². The minimum atomic E-state index is -1.41. The quantitative estimate of drug-likeness (QED) is 0.0899. The number of benzene rings is 16. The molecule has 10 aromatic heterocycles. The first-order chi connectivity index (χ1) is 64.5. The van der Waals surface area contributed by atoms with Crippen LogP contribution in [0.5, 0.6) is 0 Å². The van der Waals surface area contributed by atoms with E-state index in [9.17, 15) is 0 Å². The number of hydrogen-bond donors (Lipinski definition) is 2. The Morgan fingerprint density at radius 3 is 0.710 bits per heavy atom. The zero-order valence-corrected chi connectivity index (χ0v) is 70.4. The first-order valence-corrected chi connectivity index (χ1v) is 43.0. The van der Waals surface area contributed by atoms with Crippen LogP contribution in [0.25, 0.3) is 255 Å². The summed E-state index contributed by atoms with van der Waals surface area (Å²) in [6.45, 7) is 0. The van der Waals surface area contributed by atoms with E-state index in [0.29, 0.717) is 63.7 Å². The van der Waals surface area contributed by atoms with Gasteiger partial charge in [0.05, 0.1) is 33.1 Å². The van der Waals surface area contributed by atoms with Crippen molar-refractivity contribution >= 4 is 177 Å². The molecule has 0 aliphatic heterocycles. The summed E-state index contributed by atoms with van der Waals surface area (Å²) < 4.78 is 0. The molecule has 16 aromatic carbocycles. The summed E-state index contributed by atoms with van der Waals surface area (Å²) in [6, 6.07) is 108. The Hall–Kier alpha value is -17.1. The third kappa shape index (κ3) is 14.4. The summed E-state index contributed by atoms with van der Waals surface area (Å²) >= 11 is 13.1. The number of rotatable bonds is 11. The maximum atomic E-state index is 8.92. The predicted molar refractivity (Wildman–Crippen MR) is 524 cm³/mol. The van der Waals surface area contributed by atoms with Crippen molar-refractivity contribution in [3.8, 4) is 114 Å². The van der Waals surface area contributed by atoms with Crippen LogP contribution in [0.2, 0.25) is 10.6 Å². The fourth-order valence-corrected chi connectivity index (χ4v) is 18.1. The fourth-order valence-electron chi connectivity index (χ4n) is 17.7. The summed E-state index contributed by atoms with van der Waals surface area (Å²) in [6.07, 6.45) is 10.7. The highest BCUT2D eigenvalue weighted by atomic mass is 35.5. The van der Waals surface area contributed by atoms with Gasteiger partial charge in [-0.05, 0) is 273 Å². The van der Waals surface area contributed by atoms with Crippen molar-refractivity contribution in [1.82, 2.24) is 89.7 Å². The highest BCUT2D eigenvalue weighted by Gasteiger charge is 2.25. The van der Waals surface area contributed by atoms with Gasteiger partial charge in [-0.3, -0.25) is 29.9 Å². The molecule has 20 nitrogen and oxygen atoms in total. The molecular weight excluding hydrogens is 1660 g/mol. The van der Waals surface area contributed by atoms with E-state index in [-0.39, 0.29) is 10.6 Å². The van der Waals surface area contributed by atoms with Crippen LogP contribution in [0.3, 0.4) is 0 Å². The molecule has 0 saturated heterocycles. The molecule has 26 rings (SSSR count). The normalized spacial score (nSPS) is 11.7. The van der Waals surface area contributed by atoms with E-state index in [1.807, 2.05) is 158 Å². The molecule has 0 aliphatic rings. The second-order valence-corrected chi connectivity index (χ2v) is 32.5. The molecule has 0 aliphatic carbocycles. The second kappa shape index (κ2) is 32.1. The SMILES string of the molecule is Clc1nc(-c2ccc3ncccc3c2)nc(-c2ccc3ccc4c(-c5nc(Cl)nc(-c6ccc7ncccc7c6)n5)ccc5ccc2c3c54)n1.OB(O)c1ccc2ncccc2c1.c1ccc2cc(-c3nc(-c4ccc5ncccc5c4)nc(-c4ccc5ccc6c(-c7nc(-c8ccc9ncccc9c8)nc(-c8ccc9ncccc9c8)n7)ccc7ccc4c5c76)n3)ccc2c1. The van der Waals surface area contributed by atoms with Crippen LogP contribution in [-0.4, -0.2) is 107 Å². The highest BCUT2D eigenvalue weighted by molar-refractivity contribution is 6.59. The van der Waals surface area contributed by atoms with Crippen LogP contribution in [0.15, 0.2) is 359 Å². The van der Waals surface area contributed by atoms with Crippen LogP contribution in [0, 0.1) is 0 Å². The molecule has 0 atom stereocenters. The molecule has 0 fully saturated rings. The molecule has 131 heavy (non-hydrogen) atoms. The Morgan fingerprint density at radius 1 is 0.183 bits per heavy atom. The molecule has 0 radical (unpaired) electrons. The lowest BCUT2D eigenvalue weighted by atomic mass is 9.80. The molecule has 0 saturated carbocycles. The van der Waals surface area contributed by atoms with Gasteiger partial charge in [0, 0.05) is 120 Å². The average molecular weight is 1720 g/mol. The van der Waals surface area contributed by atoms with Gasteiger partial charge in [0.2, 0.25) is 10.6 Å². The maximum absolute atomic E-state index is 8.92. The van der Waals surface area contributed by atoms with Crippen molar-refractivity contribution in [2.75, 3.05) is 0 Å². The third-order valence-corrected chi connectivity index (χ3v) is 24.4. The van der Waals surface area contributed by atoms with Crippen LogP contribution < -0.4 is 5.46 Å². The van der Waals surface area contributed by atoms with Crippen molar-refractivity contribution in [1.29, 1.82) is 0 Å². The van der Waals surface area contributed by atoms with Gasteiger partial charge < -0.3 is 10.0 Å². The van der Waals surface area contributed by atoms with Gasteiger partial charge in [-0.25, -0.2) is 39.9 Å². The summed E-state index contributed by atoms with van der Waals surface area (Å²) in [4.78, 5) is 85.9. The van der Waals surface area contributed by atoms with Crippen molar-refractivity contribution in [2.24, 2.45) is 0 Å². The molecule has 0 bridgehead atoms. The zero-order valence-electron chi connectivity index (χ0n) is 68.8. The Kier molecular flexibility index (Phi) is 19.0. The van der Waals surface area contributed by atoms with Gasteiger partial charge in [-0.15, -0.1) is 0 Å². The van der Waals surface area contributed by atoms with E-state index in [2.05, 4.69) is 214 Å². The number of fused-ring (bicyclic) bond motifs is 7. The molecule has 0 spiro atoms. The highest BCUT2D eigenvalue weighted by Crippen LogP contribution is 2.46. The fraction of sp³-hybridized carbons (Fsp3) is 0. The smallest absolute Gasteiger partial charge is 0.423 e. The number of nitrogens with zero attached hydrogens (tertiary/aromatic N) is 18. The van der Waals surface area contributed by atoms with E-state index in [4.69, 9.17) is 73.1 Å². The van der Waals surface area contributed by atoms with Crippen molar-refractivity contribution < 1.29 is 10.0 Å². The first-order valence-electron chi connectivity index (χ1n) is 42.2. The lowest BCUT2D eigenvalue weighted by molar-refractivity contribution is 0.426. The van der Waals surface area contributed by atoms with Crippen molar-refractivity contribution in [3.63, 3.8) is 0 Å². The topological polar surface area (TPSA) is 272 Å².